The van der Waals surface area contributed by atoms with Crippen molar-refractivity contribution in [1.82, 2.24) is 14.8 Å². The second kappa shape index (κ2) is 8.05. The van der Waals surface area contributed by atoms with Gasteiger partial charge in [0.2, 0.25) is 0 Å². The average Bonchev–Trinajstić information content (AvgIpc) is 3.22. The SMILES string of the molecule is c1ccc(COc2cncc(-c3ccc4c(cnn4C4CCCCO4)c3)c2)cc1. The molecule has 1 atom stereocenters. The molecular formula is C24H23N3O2. The van der Waals surface area contributed by atoms with E-state index < -0.39 is 0 Å². The summed E-state index contributed by atoms with van der Waals surface area (Å²) in [7, 11) is 0. The summed E-state index contributed by atoms with van der Waals surface area (Å²) in [4.78, 5) is 4.37. The first-order valence-electron chi connectivity index (χ1n) is 10.1. The van der Waals surface area contributed by atoms with Crippen molar-refractivity contribution >= 4 is 10.9 Å². The average molecular weight is 385 g/mol. The molecule has 1 fully saturated rings. The lowest BCUT2D eigenvalue weighted by Gasteiger charge is -2.23. The Morgan fingerprint density at radius 3 is 2.76 bits per heavy atom. The minimum Gasteiger partial charge on any atom is -0.487 e. The molecule has 2 aromatic heterocycles. The van der Waals surface area contributed by atoms with Crippen LogP contribution in [0.5, 0.6) is 5.75 Å². The quantitative estimate of drug-likeness (QED) is 0.463. The van der Waals surface area contributed by atoms with Gasteiger partial charge in [-0.2, -0.15) is 5.10 Å². The predicted molar refractivity (Wildman–Crippen MR) is 113 cm³/mol. The molecule has 146 valence electrons. The minimum atomic E-state index is 0.0449. The predicted octanol–water partition coefficient (Wildman–Crippen LogP) is 5.38. The fourth-order valence-corrected chi connectivity index (χ4v) is 3.78. The Balaban J connectivity index is 1.37. The van der Waals surface area contributed by atoms with Crippen molar-refractivity contribution in [3.05, 3.63) is 78.8 Å². The Bertz CT molecular complexity index is 1100. The number of hydrogen-bond acceptors (Lipinski definition) is 4. The first-order valence-corrected chi connectivity index (χ1v) is 10.1. The second-order valence-corrected chi connectivity index (χ2v) is 7.37. The first-order chi connectivity index (χ1) is 14.4. The van der Waals surface area contributed by atoms with Gasteiger partial charge in [-0.1, -0.05) is 36.4 Å². The van der Waals surface area contributed by atoms with Crippen molar-refractivity contribution in [2.75, 3.05) is 6.61 Å². The maximum Gasteiger partial charge on any atom is 0.150 e. The number of rotatable bonds is 5. The molecule has 0 bridgehead atoms. The molecule has 0 saturated carbocycles. The number of hydrogen-bond donors (Lipinski definition) is 0. The van der Waals surface area contributed by atoms with E-state index in [1.165, 1.54) is 6.42 Å². The van der Waals surface area contributed by atoms with Crippen LogP contribution in [-0.2, 0) is 11.3 Å². The highest BCUT2D eigenvalue weighted by molar-refractivity contribution is 5.84. The van der Waals surface area contributed by atoms with Gasteiger partial charge in [-0.3, -0.25) is 4.98 Å². The molecular weight excluding hydrogens is 362 g/mol. The highest BCUT2D eigenvalue weighted by Crippen LogP contribution is 2.30. The van der Waals surface area contributed by atoms with E-state index >= 15 is 0 Å². The summed E-state index contributed by atoms with van der Waals surface area (Å²) < 4.78 is 13.8. The van der Waals surface area contributed by atoms with Crippen LogP contribution in [-0.4, -0.2) is 21.4 Å². The number of aromatic nitrogens is 3. The zero-order valence-corrected chi connectivity index (χ0v) is 16.2. The van der Waals surface area contributed by atoms with E-state index in [-0.39, 0.29) is 6.23 Å². The van der Waals surface area contributed by atoms with Gasteiger partial charge < -0.3 is 9.47 Å². The van der Waals surface area contributed by atoms with Gasteiger partial charge in [-0.15, -0.1) is 0 Å². The van der Waals surface area contributed by atoms with Crippen molar-refractivity contribution in [3.63, 3.8) is 0 Å². The normalized spacial score (nSPS) is 16.8. The van der Waals surface area contributed by atoms with E-state index in [2.05, 4.69) is 40.4 Å². The maximum absolute atomic E-state index is 5.93. The van der Waals surface area contributed by atoms with Crippen molar-refractivity contribution in [2.45, 2.75) is 32.1 Å². The molecule has 0 spiro atoms. The van der Waals surface area contributed by atoms with Crippen molar-refractivity contribution in [2.24, 2.45) is 0 Å². The van der Waals surface area contributed by atoms with Gasteiger partial charge in [0.05, 0.1) is 17.9 Å². The summed E-state index contributed by atoms with van der Waals surface area (Å²) in [5, 5.41) is 5.69. The smallest absolute Gasteiger partial charge is 0.150 e. The van der Waals surface area contributed by atoms with Crippen molar-refractivity contribution in [1.29, 1.82) is 0 Å². The monoisotopic (exact) mass is 385 g/mol. The van der Waals surface area contributed by atoms with Crippen LogP contribution in [0.3, 0.4) is 0 Å². The third kappa shape index (κ3) is 3.87. The Morgan fingerprint density at radius 1 is 0.966 bits per heavy atom. The van der Waals surface area contributed by atoms with E-state index in [9.17, 15) is 0 Å². The van der Waals surface area contributed by atoms with E-state index in [4.69, 9.17) is 9.47 Å². The molecule has 0 N–H and O–H groups in total. The number of ether oxygens (including phenoxy) is 2. The van der Waals surface area contributed by atoms with Gasteiger partial charge in [-0.25, -0.2) is 4.68 Å². The lowest BCUT2D eigenvalue weighted by molar-refractivity contribution is -0.0366. The van der Waals surface area contributed by atoms with Crippen LogP contribution in [0.15, 0.2) is 73.2 Å². The fourth-order valence-electron chi connectivity index (χ4n) is 3.78. The molecule has 2 aromatic carbocycles. The molecule has 5 rings (SSSR count). The third-order valence-corrected chi connectivity index (χ3v) is 5.32. The molecule has 4 aromatic rings. The summed E-state index contributed by atoms with van der Waals surface area (Å²) in [6.45, 7) is 1.34. The van der Waals surface area contributed by atoms with Gasteiger partial charge in [-0.05, 0) is 48.6 Å². The molecule has 1 aliphatic heterocycles. The third-order valence-electron chi connectivity index (χ3n) is 5.32. The van der Waals surface area contributed by atoms with Crippen LogP contribution in [0.4, 0.5) is 0 Å². The summed E-state index contributed by atoms with van der Waals surface area (Å²) in [5.74, 6) is 0.762. The fraction of sp³-hybridized carbons (Fsp3) is 0.250. The second-order valence-electron chi connectivity index (χ2n) is 7.37. The summed E-state index contributed by atoms with van der Waals surface area (Å²) >= 11 is 0. The van der Waals surface area contributed by atoms with E-state index in [1.54, 1.807) is 6.20 Å². The van der Waals surface area contributed by atoms with Crippen LogP contribution in [0.2, 0.25) is 0 Å². The number of pyridine rings is 1. The van der Waals surface area contributed by atoms with E-state index in [1.807, 2.05) is 41.3 Å². The Kier molecular flexibility index (Phi) is 4.97. The lowest BCUT2D eigenvalue weighted by atomic mass is 10.1. The molecule has 0 amide bonds. The van der Waals surface area contributed by atoms with Gasteiger partial charge in [0.25, 0.3) is 0 Å². The topological polar surface area (TPSA) is 49.2 Å². The van der Waals surface area contributed by atoms with Crippen LogP contribution in [0.25, 0.3) is 22.0 Å². The molecule has 1 unspecified atom stereocenters. The van der Waals surface area contributed by atoms with Crippen molar-refractivity contribution in [3.8, 4) is 16.9 Å². The molecule has 1 aliphatic rings. The molecule has 29 heavy (non-hydrogen) atoms. The molecule has 0 aliphatic carbocycles. The van der Waals surface area contributed by atoms with Gasteiger partial charge in [0.15, 0.2) is 6.23 Å². The van der Waals surface area contributed by atoms with Crippen molar-refractivity contribution < 1.29 is 9.47 Å². The minimum absolute atomic E-state index is 0.0449. The summed E-state index contributed by atoms with van der Waals surface area (Å²) in [5.41, 5.74) is 4.36. The maximum atomic E-state index is 5.93. The lowest BCUT2D eigenvalue weighted by Crippen LogP contribution is -2.18. The Hall–Kier alpha value is -3.18. The zero-order valence-electron chi connectivity index (χ0n) is 16.2. The molecule has 5 heteroatoms. The zero-order chi connectivity index (χ0) is 19.5. The van der Waals surface area contributed by atoms with E-state index in [0.29, 0.717) is 6.61 Å². The van der Waals surface area contributed by atoms with Gasteiger partial charge >= 0.3 is 0 Å². The van der Waals surface area contributed by atoms with Crippen LogP contribution in [0.1, 0.15) is 31.1 Å². The largest absolute Gasteiger partial charge is 0.487 e. The highest BCUT2D eigenvalue weighted by atomic mass is 16.5. The van der Waals surface area contributed by atoms with E-state index in [0.717, 1.165) is 52.8 Å². The summed E-state index contributed by atoms with van der Waals surface area (Å²) in [6, 6.07) is 18.6. The molecule has 3 heterocycles. The van der Waals surface area contributed by atoms with Crippen LogP contribution >= 0.6 is 0 Å². The summed E-state index contributed by atoms with van der Waals surface area (Å²) in [6.07, 6.45) is 8.92. The molecule has 5 nitrogen and oxygen atoms in total. The van der Waals surface area contributed by atoms with Crippen LogP contribution in [0, 0.1) is 0 Å². The van der Waals surface area contributed by atoms with Gasteiger partial charge in [0.1, 0.15) is 12.4 Å². The standard InChI is InChI=1S/C24H23N3O2/c1-2-6-18(7-3-1)17-29-22-13-20(14-25-16-22)19-9-10-23-21(12-19)15-26-27(23)24-8-4-5-11-28-24/h1-3,6-7,9-10,12-16,24H,4-5,8,11,17H2. The number of benzene rings is 2. The van der Waals surface area contributed by atoms with Crippen LogP contribution < -0.4 is 4.74 Å². The number of fused-ring (bicyclic) bond motifs is 1. The Morgan fingerprint density at radius 2 is 1.90 bits per heavy atom. The number of nitrogens with zero attached hydrogens (tertiary/aromatic N) is 3. The first kappa shape index (κ1) is 17.9. The molecule has 1 saturated heterocycles. The van der Waals surface area contributed by atoms with Gasteiger partial charge in [0, 0.05) is 23.8 Å². The highest BCUT2D eigenvalue weighted by Gasteiger charge is 2.18. The molecule has 0 radical (unpaired) electrons. The Labute approximate surface area is 169 Å².